The number of benzene rings is 2. The lowest BCUT2D eigenvalue weighted by Crippen LogP contribution is -2.07. The lowest BCUT2D eigenvalue weighted by molar-refractivity contribution is -0.141. The van der Waals surface area contributed by atoms with E-state index in [1.165, 1.54) is 18.2 Å². The number of aryl methyl sites for hydroxylation is 3. The lowest BCUT2D eigenvalue weighted by atomic mass is 10.1. The molecule has 0 amide bonds. The Morgan fingerprint density at radius 3 is 1.83 bits per heavy atom. The van der Waals surface area contributed by atoms with E-state index in [0.717, 1.165) is 24.2 Å². The zero-order valence-corrected chi connectivity index (χ0v) is 28.1. The molecule has 4 heterocycles. The quantitative estimate of drug-likeness (QED) is 0.118. The van der Waals surface area contributed by atoms with E-state index >= 15 is 0 Å². The van der Waals surface area contributed by atoms with Crippen LogP contribution in [0, 0.1) is 6.92 Å². The number of rotatable bonds is 14. The summed E-state index contributed by atoms with van der Waals surface area (Å²) in [6.07, 6.45) is 5.69. The van der Waals surface area contributed by atoms with Crippen LogP contribution in [-0.2, 0) is 25.9 Å². The van der Waals surface area contributed by atoms with E-state index in [1.54, 1.807) is 83.5 Å². The maximum absolute atomic E-state index is 12.7. The van der Waals surface area contributed by atoms with Gasteiger partial charge in [0.05, 0.1) is 18.1 Å². The van der Waals surface area contributed by atoms with E-state index in [2.05, 4.69) is 30.6 Å². The molecule has 0 saturated carbocycles. The molecule has 2 aromatic carbocycles. The Morgan fingerprint density at radius 2 is 1.35 bits per heavy atom. The summed E-state index contributed by atoms with van der Waals surface area (Å²) in [5.74, 6) is 0.902. The monoisotopic (exact) mass is 712 g/mol. The van der Waals surface area contributed by atoms with Gasteiger partial charge in [0.2, 0.25) is 0 Å². The standard InChI is InChI=1S/C25H22F3N5O2.C12H13N3O2/c1-17-20(6-10-22(31-17)19-7-11-24(29-15-19)25(26,27)28)16-35-21-8-4-18(5-9-21)23(34)3-2-13-33-14-12-30-32-33;16-11-5-3-10(4-6-11)12(17)2-1-8-15-9-7-13-14-15/h4-12,14-15H,2-3,13,16H2,1H3;3-7,9,16H,1-2,8H2. The Morgan fingerprint density at radius 1 is 0.769 bits per heavy atom. The summed E-state index contributed by atoms with van der Waals surface area (Å²) in [4.78, 5) is 32.1. The molecule has 0 aliphatic carbocycles. The van der Waals surface area contributed by atoms with Crippen molar-refractivity contribution in [3.63, 3.8) is 0 Å². The number of carbonyl (C=O) groups excluding carboxylic acids is 2. The van der Waals surface area contributed by atoms with Crippen LogP contribution in [0.15, 0.2) is 104 Å². The van der Waals surface area contributed by atoms with Crippen molar-refractivity contribution in [2.45, 2.75) is 58.5 Å². The topological polar surface area (TPSA) is 151 Å². The number of Topliss-reactive ketones (excluding diaryl/α,β-unsaturated/α-hetero) is 2. The van der Waals surface area contributed by atoms with Crippen LogP contribution in [0.3, 0.4) is 0 Å². The molecule has 52 heavy (non-hydrogen) atoms. The largest absolute Gasteiger partial charge is 0.508 e. The molecule has 268 valence electrons. The number of alkyl halides is 3. The van der Waals surface area contributed by atoms with Gasteiger partial charge >= 0.3 is 6.18 Å². The molecule has 0 atom stereocenters. The van der Waals surface area contributed by atoms with Crippen LogP contribution < -0.4 is 4.74 Å². The summed E-state index contributed by atoms with van der Waals surface area (Å²) in [6, 6.07) is 19.1. The van der Waals surface area contributed by atoms with Gasteiger partial charge < -0.3 is 9.84 Å². The highest BCUT2D eigenvalue weighted by Gasteiger charge is 2.32. The molecular weight excluding hydrogens is 677 g/mol. The zero-order chi connectivity index (χ0) is 36.9. The second kappa shape index (κ2) is 17.6. The van der Waals surface area contributed by atoms with Crippen molar-refractivity contribution in [3.05, 3.63) is 132 Å². The summed E-state index contributed by atoms with van der Waals surface area (Å²) >= 11 is 0. The number of aromatic hydroxyl groups is 1. The van der Waals surface area contributed by atoms with Crippen LogP contribution in [0.1, 0.15) is 63.4 Å². The Labute approximate surface area is 296 Å². The van der Waals surface area contributed by atoms with Crippen LogP contribution in [0.25, 0.3) is 11.3 Å². The Hall–Kier alpha value is -6.25. The molecule has 0 bridgehead atoms. The minimum Gasteiger partial charge on any atom is -0.508 e. The Balaban J connectivity index is 0.000000257. The number of phenolic OH excluding ortho intramolecular Hbond substituents is 1. The Kier molecular flexibility index (Phi) is 12.5. The summed E-state index contributed by atoms with van der Waals surface area (Å²) < 4.78 is 47.3. The number of ether oxygens (including phenoxy) is 1. The molecule has 0 saturated heterocycles. The van der Waals surface area contributed by atoms with Gasteiger partial charge in [-0.2, -0.15) is 13.2 Å². The van der Waals surface area contributed by atoms with Crippen LogP contribution >= 0.6 is 0 Å². The maximum atomic E-state index is 12.7. The number of halogens is 3. The van der Waals surface area contributed by atoms with Crippen LogP contribution in [0.4, 0.5) is 13.2 Å². The highest BCUT2D eigenvalue weighted by molar-refractivity contribution is 5.96. The molecule has 4 aromatic heterocycles. The van der Waals surface area contributed by atoms with Gasteiger partial charge in [-0.3, -0.25) is 28.9 Å². The molecular formula is C37H35F3N8O4. The van der Waals surface area contributed by atoms with E-state index in [4.69, 9.17) is 9.84 Å². The third-order valence-electron chi connectivity index (χ3n) is 7.83. The van der Waals surface area contributed by atoms with E-state index in [-0.39, 0.29) is 23.9 Å². The predicted molar refractivity (Wildman–Crippen MR) is 183 cm³/mol. The highest BCUT2D eigenvalue weighted by Crippen LogP contribution is 2.29. The van der Waals surface area contributed by atoms with Crippen molar-refractivity contribution < 1.29 is 32.6 Å². The van der Waals surface area contributed by atoms with E-state index in [0.29, 0.717) is 66.2 Å². The molecule has 6 rings (SSSR count). The number of phenols is 1. The summed E-state index contributed by atoms with van der Waals surface area (Å²) in [5.41, 5.74) is 2.85. The number of pyridine rings is 2. The number of ketones is 2. The summed E-state index contributed by atoms with van der Waals surface area (Å²) in [5, 5.41) is 24.2. The molecule has 0 unspecified atom stereocenters. The number of nitrogens with zero attached hydrogens (tertiary/aromatic N) is 8. The molecule has 1 N–H and O–H groups in total. The molecule has 15 heteroatoms. The van der Waals surface area contributed by atoms with E-state index in [9.17, 15) is 22.8 Å². The van der Waals surface area contributed by atoms with Crippen molar-refractivity contribution in [1.82, 2.24) is 40.0 Å². The van der Waals surface area contributed by atoms with Gasteiger partial charge in [-0.05, 0) is 86.5 Å². The minimum absolute atomic E-state index is 0.0463. The van der Waals surface area contributed by atoms with Crippen molar-refractivity contribution in [2.75, 3.05) is 0 Å². The average Bonchev–Trinajstić information content (AvgIpc) is 3.87. The third-order valence-corrected chi connectivity index (χ3v) is 7.83. The van der Waals surface area contributed by atoms with E-state index in [1.807, 2.05) is 6.07 Å². The number of hydrogen-bond acceptors (Lipinski definition) is 10. The predicted octanol–water partition coefficient (Wildman–Crippen LogP) is 6.95. The minimum atomic E-state index is -4.48. The Bertz CT molecular complexity index is 2020. The molecule has 0 aliphatic rings. The van der Waals surface area contributed by atoms with Gasteiger partial charge in [-0.25, -0.2) is 0 Å². The number of aromatic nitrogens is 8. The maximum Gasteiger partial charge on any atom is 0.433 e. The van der Waals surface area contributed by atoms with Gasteiger partial charge in [0.15, 0.2) is 11.6 Å². The zero-order valence-electron chi connectivity index (χ0n) is 28.1. The molecule has 0 fully saturated rings. The van der Waals surface area contributed by atoms with Crippen LogP contribution in [-0.4, -0.2) is 56.6 Å². The third kappa shape index (κ3) is 10.9. The highest BCUT2D eigenvalue weighted by atomic mass is 19.4. The van der Waals surface area contributed by atoms with Gasteiger partial charge in [0, 0.05) is 72.5 Å². The van der Waals surface area contributed by atoms with Gasteiger partial charge in [0.1, 0.15) is 23.8 Å². The van der Waals surface area contributed by atoms with Gasteiger partial charge in [0.25, 0.3) is 0 Å². The fourth-order valence-electron chi connectivity index (χ4n) is 4.96. The first-order valence-electron chi connectivity index (χ1n) is 16.3. The summed E-state index contributed by atoms with van der Waals surface area (Å²) in [7, 11) is 0. The number of hydrogen-bond donors (Lipinski definition) is 1. The van der Waals surface area contributed by atoms with Crippen molar-refractivity contribution in [2.24, 2.45) is 0 Å². The van der Waals surface area contributed by atoms with Crippen molar-refractivity contribution in [3.8, 4) is 22.8 Å². The first-order chi connectivity index (χ1) is 25.0. The van der Waals surface area contributed by atoms with E-state index < -0.39 is 11.9 Å². The van der Waals surface area contributed by atoms with Crippen molar-refractivity contribution in [1.29, 1.82) is 0 Å². The first kappa shape index (κ1) is 37.0. The summed E-state index contributed by atoms with van der Waals surface area (Å²) in [6.45, 7) is 3.38. The van der Waals surface area contributed by atoms with Crippen LogP contribution in [0.5, 0.6) is 11.5 Å². The fraction of sp³-hybridized carbons (Fsp3) is 0.243. The normalized spacial score (nSPS) is 11.1. The molecule has 0 aliphatic heterocycles. The van der Waals surface area contributed by atoms with Gasteiger partial charge in [-0.1, -0.05) is 16.5 Å². The van der Waals surface area contributed by atoms with Gasteiger partial charge in [-0.15, -0.1) is 10.2 Å². The molecule has 0 radical (unpaired) electrons. The SMILES string of the molecule is Cc1nc(-c2ccc(C(F)(F)F)nc2)ccc1COc1ccc(C(=O)CCCn2ccnn2)cc1.O=C(CCCn1ccnn1)c1ccc(O)cc1. The smallest absolute Gasteiger partial charge is 0.433 e. The second-order valence-electron chi connectivity index (χ2n) is 11.6. The second-order valence-corrected chi connectivity index (χ2v) is 11.6. The molecule has 6 aromatic rings. The lowest BCUT2D eigenvalue weighted by Gasteiger charge is -2.11. The molecule has 12 nitrogen and oxygen atoms in total. The molecule has 0 spiro atoms. The first-order valence-corrected chi connectivity index (χ1v) is 16.3. The number of carbonyl (C=O) groups is 2. The average molecular weight is 713 g/mol. The fourth-order valence-corrected chi connectivity index (χ4v) is 4.96. The van der Waals surface area contributed by atoms with Crippen LogP contribution in [0.2, 0.25) is 0 Å². The van der Waals surface area contributed by atoms with Crippen molar-refractivity contribution >= 4 is 11.6 Å².